The Hall–Kier alpha value is -2.22. The van der Waals surface area contributed by atoms with Crippen molar-refractivity contribution in [1.82, 2.24) is 4.31 Å². The zero-order chi connectivity index (χ0) is 19.6. The molecule has 2 aromatic carbocycles. The molecule has 0 saturated carbocycles. The van der Waals surface area contributed by atoms with Crippen molar-refractivity contribution in [1.29, 1.82) is 0 Å². The summed E-state index contributed by atoms with van der Waals surface area (Å²) < 4.78 is 32.8. The molecule has 0 unspecified atom stereocenters. The molecule has 144 valence electrons. The maximum absolute atomic E-state index is 12.9. The summed E-state index contributed by atoms with van der Waals surface area (Å²) in [6.07, 6.45) is -0.301. The number of anilines is 1. The van der Waals surface area contributed by atoms with Gasteiger partial charge in [-0.25, -0.2) is 8.42 Å². The van der Waals surface area contributed by atoms with Gasteiger partial charge in [-0.1, -0.05) is 18.2 Å². The topological polar surface area (TPSA) is 75.7 Å². The quantitative estimate of drug-likeness (QED) is 0.873. The summed E-state index contributed by atoms with van der Waals surface area (Å²) in [5.41, 5.74) is 2.09. The minimum atomic E-state index is -3.61. The third kappa shape index (κ3) is 4.37. The summed E-state index contributed by atoms with van der Waals surface area (Å²) in [5, 5.41) is 2.84. The van der Waals surface area contributed by atoms with E-state index in [0.29, 0.717) is 18.7 Å². The monoisotopic (exact) mass is 388 g/mol. The van der Waals surface area contributed by atoms with E-state index >= 15 is 0 Å². The number of amides is 1. The Bertz CT molecular complexity index is 915. The molecule has 27 heavy (non-hydrogen) atoms. The number of ether oxygens (including phenoxy) is 1. The molecule has 1 aliphatic heterocycles. The van der Waals surface area contributed by atoms with E-state index in [0.717, 1.165) is 11.3 Å². The van der Waals surface area contributed by atoms with Crippen molar-refractivity contribution in [2.45, 2.75) is 37.9 Å². The van der Waals surface area contributed by atoms with Gasteiger partial charge in [-0.15, -0.1) is 0 Å². The molecule has 2 aromatic rings. The van der Waals surface area contributed by atoms with Gasteiger partial charge >= 0.3 is 0 Å². The highest BCUT2D eigenvalue weighted by Gasteiger charge is 2.32. The molecule has 0 bridgehead atoms. The van der Waals surface area contributed by atoms with Crippen LogP contribution in [0.25, 0.3) is 0 Å². The van der Waals surface area contributed by atoms with Gasteiger partial charge < -0.3 is 10.1 Å². The highest BCUT2D eigenvalue weighted by molar-refractivity contribution is 7.89. The number of sulfonamides is 1. The van der Waals surface area contributed by atoms with E-state index in [9.17, 15) is 13.2 Å². The summed E-state index contributed by atoms with van der Waals surface area (Å²) in [5.74, 6) is -0.276. The number of carbonyl (C=O) groups is 1. The number of rotatable bonds is 4. The number of nitrogens with zero attached hydrogens (tertiary/aromatic N) is 1. The van der Waals surface area contributed by atoms with Crippen LogP contribution in [0.3, 0.4) is 0 Å². The lowest BCUT2D eigenvalue weighted by Crippen LogP contribution is -2.48. The van der Waals surface area contributed by atoms with Crippen molar-refractivity contribution >= 4 is 21.6 Å². The molecule has 3 rings (SSSR count). The number of hydrogen-bond acceptors (Lipinski definition) is 4. The minimum absolute atomic E-state index is 0.150. The number of benzene rings is 2. The standard InChI is InChI=1S/C20H24N2O4S/c1-14-6-4-5-7-19(14)21-20(23)17-8-10-18(11-9-17)27(24,25)22-12-15(2)26-16(3)13-22/h4-11,15-16H,12-13H2,1-3H3,(H,21,23)/t15-,16+. The SMILES string of the molecule is Cc1ccccc1NC(=O)c1ccc(S(=O)(=O)N2C[C@@H](C)O[C@@H](C)C2)cc1. The van der Waals surface area contributed by atoms with E-state index in [1.54, 1.807) is 0 Å². The number of morpholine rings is 1. The molecule has 1 N–H and O–H groups in total. The third-order valence-electron chi connectivity index (χ3n) is 4.53. The second-order valence-corrected chi connectivity index (χ2v) is 8.81. The molecule has 0 spiro atoms. The predicted molar refractivity (Wildman–Crippen MR) is 104 cm³/mol. The molecule has 1 amide bonds. The lowest BCUT2D eigenvalue weighted by Gasteiger charge is -2.34. The first-order valence-electron chi connectivity index (χ1n) is 8.90. The fraction of sp³-hybridized carbons (Fsp3) is 0.350. The van der Waals surface area contributed by atoms with Gasteiger partial charge in [0.25, 0.3) is 5.91 Å². The van der Waals surface area contributed by atoms with Gasteiger partial charge in [0, 0.05) is 24.3 Å². The highest BCUT2D eigenvalue weighted by Crippen LogP contribution is 2.22. The molecule has 0 aliphatic carbocycles. The lowest BCUT2D eigenvalue weighted by molar-refractivity contribution is -0.0440. The average Bonchev–Trinajstić information content (AvgIpc) is 2.63. The Balaban J connectivity index is 1.76. The number of aryl methyl sites for hydroxylation is 1. The van der Waals surface area contributed by atoms with Crippen LogP contribution in [0.4, 0.5) is 5.69 Å². The van der Waals surface area contributed by atoms with Crippen LogP contribution >= 0.6 is 0 Å². The Kier molecular flexibility index (Phi) is 5.64. The summed E-state index contributed by atoms with van der Waals surface area (Å²) in [7, 11) is -3.61. The van der Waals surface area contributed by atoms with Gasteiger partial charge in [0.15, 0.2) is 0 Å². The summed E-state index contributed by atoms with van der Waals surface area (Å²) in [6.45, 7) is 6.27. The van der Waals surface area contributed by atoms with Gasteiger partial charge in [0.1, 0.15) is 0 Å². The fourth-order valence-electron chi connectivity index (χ4n) is 3.16. The van der Waals surface area contributed by atoms with Crippen LogP contribution in [-0.4, -0.2) is 43.9 Å². The second kappa shape index (κ2) is 7.80. The molecule has 1 aliphatic rings. The molecule has 0 radical (unpaired) electrons. The number of para-hydroxylation sites is 1. The van der Waals surface area contributed by atoms with Crippen molar-refractivity contribution in [2.24, 2.45) is 0 Å². The highest BCUT2D eigenvalue weighted by atomic mass is 32.2. The maximum Gasteiger partial charge on any atom is 0.255 e. The number of hydrogen-bond donors (Lipinski definition) is 1. The predicted octanol–water partition coefficient (Wildman–Crippen LogP) is 3.05. The number of carbonyl (C=O) groups excluding carboxylic acids is 1. The molecule has 6 nitrogen and oxygen atoms in total. The molecule has 2 atom stereocenters. The van der Waals surface area contributed by atoms with Crippen LogP contribution in [-0.2, 0) is 14.8 Å². The zero-order valence-electron chi connectivity index (χ0n) is 15.7. The van der Waals surface area contributed by atoms with E-state index in [4.69, 9.17) is 4.74 Å². The van der Waals surface area contributed by atoms with Crippen LogP contribution in [0.2, 0.25) is 0 Å². The van der Waals surface area contributed by atoms with Gasteiger partial charge in [-0.05, 0) is 56.7 Å². The molecule has 0 aromatic heterocycles. The summed E-state index contributed by atoms with van der Waals surface area (Å²) in [4.78, 5) is 12.6. The van der Waals surface area contributed by atoms with Crippen LogP contribution in [0.5, 0.6) is 0 Å². The van der Waals surface area contributed by atoms with Gasteiger partial charge in [-0.3, -0.25) is 4.79 Å². The van der Waals surface area contributed by atoms with Gasteiger partial charge in [-0.2, -0.15) is 4.31 Å². The summed E-state index contributed by atoms with van der Waals surface area (Å²) >= 11 is 0. The zero-order valence-corrected chi connectivity index (χ0v) is 16.5. The first kappa shape index (κ1) is 19.5. The van der Waals surface area contributed by atoms with Crippen molar-refractivity contribution < 1.29 is 17.9 Å². The third-order valence-corrected chi connectivity index (χ3v) is 6.38. The van der Waals surface area contributed by atoms with Crippen molar-refractivity contribution in [3.05, 3.63) is 59.7 Å². The maximum atomic E-state index is 12.9. The van der Waals surface area contributed by atoms with E-state index in [2.05, 4.69) is 5.32 Å². The van der Waals surface area contributed by atoms with E-state index in [1.807, 2.05) is 45.0 Å². The normalized spacial score (nSPS) is 21.0. The van der Waals surface area contributed by atoms with Crippen molar-refractivity contribution in [2.75, 3.05) is 18.4 Å². The molecular formula is C20H24N2O4S. The molecule has 1 heterocycles. The minimum Gasteiger partial charge on any atom is -0.373 e. The largest absolute Gasteiger partial charge is 0.373 e. The first-order chi connectivity index (χ1) is 12.8. The number of nitrogens with one attached hydrogen (secondary N) is 1. The summed E-state index contributed by atoms with van der Waals surface area (Å²) in [6, 6.07) is 13.5. The van der Waals surface area contributed by atoms with E-state index in [-0.39, 0.29) is 23.0 Å². The lowest BCUT2D eigenvalue weighted by atomic mass is 10.1. The van der Waals surface area contributed by atoms with Gasteiger partial charge in [0.05, 0.1) is 17.1 Å². The van der Waals surface area contributed by atoms with Crippen molar-refractivity contribution in [3.63, 3.8) is 0 Å². The Labute approximate surface area is 160 Å². The average molecular weight is 388 g/mol. The molecule has 7 heteroatoms. The molecule has 1 fully saturated rings. The van der Waals surface area contributed by atoms with Crippen LogP contribution < -0.4 is 5.32 Å². The molecular weight excluding hydrogens is 364 g/mol. The Morgan fingerprint density at radius 3 is 2.22 bits per heavy atom. The Morgan fingerprint density at radius 2 is 1.63 bits per heavy atom. The van der Waals surface area contributed by atoms with Crippen LogP contribution in [0, 0.1) is 6.92 Å². The molecule has 1 saturated heterocycles. The second-order valence-electron chi connectivity index (χ2n) is 6.87. The smallest absolute Gasteiger partial charge is 0.255 e. The van der Waals surface area contributed by atoms with Crippen LogP contribution in [0.1, 0.15) is 29.8 Å². The van der Waals surface area contributed by atoms with Gasteiger partial charge in [0.2, 0.25) is 10.0 Å². The Morgan fingerprint density at radius 1 is 1.04 bits per heavy atom. The first-order valence-corrected chi connectivity index (χ1v) is 10.3. The van der Waals surface area contributed by atoms with Crippen LogP contribution in [0.15, 0.2) is 53.4 Å². The van der Waals surface area contributed by atoms with Crippen molar-refractivity contribution in [3.8, 4) is 0 Å². The fourth-order valence-corrected chi connectivity index (χ4v) is 4.75. The van der Waals surface area contributed by atoms with E-state index < -0.39 is 10.0 Å². The van der Waals surface area contributed by atoms with E-state index in [1.165, 1.54) is 28.6 Å².